The van der Waals surface area contributed by atoms with Gasteiger partial charge in [0.05, 0.1) is 16.8 Å². The van der Waals surface area contributed by atoms with Gasteiger partial charge in [0.2, 0.25) is 0 Å². The van der Waals surface area contributed by atoms with Crippen molar-refractivity contribution in [2.45, 2.75) is 24.7 Å². The molecule has 2 heterocycles. The Kier molecular flexibility index (Phi) is 8.78. The number of hydrogen-bond acceptors (Lipinski definition) is 3. The largest absolute Gasteiger partial charge is 0.455 e. The van der Waals surface area contributed by atoms with Gasteiger partial charge in [-0.3, -0.25) is 0 Å². The van der Waals surface area contributed by atoms with Crippen molar-refractivity contribution in [2.75, 3.05) is 9.80 Å². The Balaban J connectivity index is 0.988. The SMILES string of the molecule is CC1(C)c2ccccc2N(c2cc(-c3ccc(N(c4ccccc4)c4ccc5c(c4)C(c4ccccc4)(c4ccccc4)c4ccccc4-5)cc3)c3oc4ccccc4c3c2)c2ccccc21. The van der Waals surface area contributed by atoms with Gasteiger partial charge in [-0.2, -0.15) is 0 Å². The molecule has 11 aromatic rings. The van der Waals surface area contributed by atoms with E-state index in [0.29, 0.717) is 0 Å². The third-order valence-corrected chi connectivity index (χ3v) is 14.5. The molecule has 0 saturated heterocycles. The molecular formula is C64H46N2O. The fourth-order valence-electron chi connectivity index (χ4n) is 11.5. The highest BCUT2D eigenvalue weighted by molar-refractivity contribution is 6.12. The first-order valence-electron chi connectivity index (χ1n) is 23.3. The minimum Gasteiger partial charge on any atom is -0.455 e. The number of rotatable bonds is 7. The van der Waals surface area contributed by atoms with E-state index in [-0.39, 0.29) is 5.41 Å². The maximum absolute atomic E-state index is 6.80. The van der Waals surface area contributed by atoms with Crippen molar-refractivity contribution in [3.63, 3.8) is 0 Å². The lowest BCUT2D eigenvalue weighted by molar-refractivity contribution is 0.632. The quantitative estimate of drug-likeness (QED) is 0.159. The van der Waals surface area contributed by atoms with E-state index < -0.39 is 5.41 Å². The number of fused-ring (bicyclic) bond motifs is 8. The van der Waals surface area contributed by atoms with Gasteiger partial charge in [0.1, 0.15) is 11.2 Å². The van der Waals surface area contributed by atoms with Crippen LogP contribution >= 0.6 is 0 Å². The van der Waals surface area contributed by atoms with Gasteiger partial charge in [0.15, 0.2) is 0 Å². The van der Waals surface area contributed by atoms with E-state index in [1.54, 1.807) is 0 Å². The van der Waals surface area contributed by atoms with Crippen molar-refractivity contribution in [2.24, 2.45) is 0 Å². The molecule has 0 N–H and O–H groups in total. The molecule has 1 aromatic heterocycles. The Morgan fingerprint density at radius 1 is 0.388 bits per heavy atom. The summed E-state index contributed by atoms with van der Waals surface area (Å²) in [6, 6.07) is 88.7. The van der Waals surface area contributed by atoms with Crippen molar-refractivity contribution in [1.29, 1.82) is 0 Å². The molecule has 0 saturated carbocycles. The van der Waals surface area contributed by atoms with Gasteiger partial charge in [0.25, 0.3) is 0 Å². The Morgan fingerprint density at radius 3 is 1.58 bits per heavy atom. The molecule has 0 spiro atoms. The monoisotopic (exact) mass is 858 g/mol. The molecule has 0 bridgehead atoms. The first-order valence-corrected chi connectivity index (χ1v) is 23.3. The molecular weight excluding hydrogens is 813 g/mol. The van der Waals surface area contributed by atoms with E-state index in [9.17, 15) is 0 Å². The molecule has 3 nitrogen and oxygen atoms in total. The molecule has 2 aliphatic rings. The predicted octanol–water partition coefficient (Wildman–Crippen LogP) is 17.2. The smallest absolute Gasteiger partial charge is 0.143 e. The molecule has 0 unspecified atom stereocenters. The highest BCUT2D eigenvalue weighted by atomic mass is 16.3. The molecule has 0 atom stereocenters. The highest BCUT2D eigenvalue weighted by Crippen LogP contribution is 2.58. The first kappa shape index (κ1) is 39.0. The summed E-state index contributed by atoms with van der Waals surface area (Å²) in [6.45, 7) is 4.68. The average Bonchev–Trinajstić information content (AvgIpc) is 3.91. The van der Waals surface area contributed by atoms with Crippen molar-refractivity contribution in [1.82, 2.24) is 0 Å². The number of hydrogen-bond donors (Lipinski definition) is 0. The molecule has 0 radical (unpaired) electrons. The van der Waals surface area contributed by atoms with Crippen LogP contribution in [-0.2, 0) is 10.8 Å². The van der Waals surface area contributed by atoms with Crippen molar-refractivity contribution in [3.05, 3.63) is 276 Å². The van der Waals surface area contributed by atoms with Crippen LogP contribution in [0, 0.1) is 0 Å². The van der Waals surface area contributed by atoms with Crippen molar-refractivity contribution < 1.29 is 4.42 Å². The molecule has 1 aliphatic heterocycles. The average molecular weight is 859 g/mol. The summed E-state index contributed by atoms with van der Waals surface area (Å²) in [7, 11) is 0. The zero-order valence-electron chi connectivity index (χ0n) is 37.4. The van der Waals surface area contributed by atoms with E-state index in [2.05, 4.69) is 266 Å². The fraction of sp³-hybridized carbons (Fsp3) is 0.0625. The van der Waals surface area contributed by atoms with Gasteiger partial charge in [-0.1, -0.05) is 190 Å². The summed E-state index contributed by atoms with van der Waals surface area (Å²) in [6.07, 6.45) is 0. The number of nitrogens with zero attached hydrogens (tertiary/aromatic N) is 2. The normalized spacial score (nSPS) is 14.0. The van der Waals surface area contributed by atoms with E-state index in [4.69, 9.17) is 4.42 Å². The molecule has 1 aliphatic carbocycles. The van der Waals surface area contributed by atoms with Crippen LogP contribution in [0.25, 0.3) is 44.2 Å². The number of benzene rings is 10. The summed E-state index contributed by atoms with van der Waals surface area (Å²) >= 11 is 0. The standard InChI is InChI=1S/C64H46N2O/c1-63(2)56-29-15-17-31-59(56)66(60-32-18-16-30-57(60)63)49-40-53(62-54(41-49)52-27-13-19-33-61(52)67-62)43-34-36-47(37-35-43)65(46-24-10-5-11-25-46)48-38-39-51-50-26-12-14-28-55(50)64(58(51)42-48,44-20-6-3-7-21-44)45-22-8-4-9-23-45/h3-42H,1-2H3. The third-order valence-electron chi connectivity index (χ3n) is 14.5. The Morgan fingerprint density at radius 2 is 0.910 bits per heavy atom. The van der Waals surface area contributed by atoms with Crippen LogP contribution in [0.5, 0.6) is 0 Å². The van der Waals surface area contributed by atoms with Crippen LogP contribution in [0.4, 0.5) is 34.1 Å². The van der Waals surface area contributed by atoms with Gasteiger partial charge in [-0.05, 0) is 117 Å². The topological polar surface area (TPSA) is 19.6 Å². The van der Waals surface area contributed by atoms with Crippen LogP contribution in [0.3, 0.4) is 0 Å². The van der Waals surface area contributed by atoms with E-state index in [1.165, 1.54) is 55.9 Å². The molecule has 67 heavy (non-hydrogen) atoms. The van der Waals surface area contributed by atoms with Gasteiger partial charge in [-0.25, -0.2) is 0 Å². The zero-order chi connectivity index (χ0) is 44.7. The molecule has 3 heteroatoms. The van der Waals surface area contributed by atoms with Gasteiger partial charge < -0.3 is 14.2 Å². The number of para-hydroxylation sites is 4. The molecule has 10 aromatic carbocycles. The third kappa shape index (κ3) is 5.84. The van der Waals surface area contributed by atoms with Crippen LogP contribution in [0.15, 0.2) is 247 Å². The minimum atomic E-state index is -0.509. The maximum atomic E-state index is 6.80. The van der Waals surface area contributed by atoms with Crippen LogP contribution in [-0.4, -0.2) is 0 Å². The summed E-state index contributed by atoms with van der Waals surface area (Å²) in [4.78, 5) is 4.84. The Labute approximate surface area is 391 Å². The Bertz CT molecular complexity index is 3580. The minimum absolute atomic E-state index is 0.160. The highest BCUT2D eigenvalue weighted by Gasteiger charge is 2.46. The lowest BCUT2D eigenvalue weighted by Crippen LogP contribution is -2.30. The van der Waals surface area contributed by atoms with Crippen LogP contribution in [0.2, 0.25) is 0 Å². The second-order valence-electron chi connectivity index (χ2n) is 18.4. The van der Waals surface area contributed by atoms with Gasteiger partial charge in [-0.15, -0.1) is 0 Å². The molecule has 0 fully saturated rings. The van der Waals surface area contributed by atoms with E-state index in [1.807, 2.05) is 0 Å². The summed E-state index contributed by atoms with van der Waals surface area (Å²) in [5.74, 6) is 0. The zero-order valence-corrected chi connectivity index (χ0v) is 37.4. The second kappa shape index (κ2) is 15.1. The van der Waals surface area contributed by atoms with Crippen molar-refractivity contribution in [3.8, 4) is 22.3 Å². The summed E-state index contributed by atoms with van der Waals surface area (Å²) in [5, 5.41) is 2.20. The molecule has 318 valence electrons. The van der Waals surface area contributed by atoms with E-state index in [0.717, 1.165) is 55.8 Å². The first-order chi connectivity index (χ1) is 33.0. The predicted molar refractivity (Wildman–Crippen MR) is 278 cm³/mol. The van der Waals surface area contributed by atoms with Crippen LogP contribution in [0.1, 0.15) is 47.2 Å². The Hall–Kier alpha value is -8.40. The van der Waals surface area contributed by atoms with E-state index >= 15 is 0 Å². The summed E-state index contributed by atoms with van der Waals surface area (Å²) in [5.41, 5.74) is 20.2. The number of furan rings is 1. The van der Waals surface area contributed by atoms with Crippen LogP contribution < -0.4 is 9.80 Å². The summed E-state index contributed by atoms with van der Waals surface area (Å²) < 4.78 is 6.80. The van der Waals surface area contributed by atoms with Gasteiger partial charge >= 0.3 is 0 Å². The number of anilines is 6. The second-order valence-corrected chi connectivity index (χ2v) is 18.4. The lowest BCUT2D eigenvalue weighted by Gasteiger charge is -2.42. The molecule has 0 amide bonds. The van der Waals surface area contributed by atoms with Gasteiger partial charge in [0, 0.05) is 44.5 Å². The molecule has 13 rings (SSSR count). The van der Waals surface area contributed by atoms with Crippen molar-refractivity contribution >= 4 is 56.1 Å². The lowest BCUT2D eigenvalue weighted by atomic mass is 9.67. The maximum Gasteiger partial charge on any atom is 0.143 e. The fourth-order valence-corrected chi connectivity index (χ4v) is 11.5.